The first kappa shape index (κ1) is 17.6. The maximum atomic E-state index is 12.1. The van der Waals surface area contributed by atoms with Gasteiger partial charge in [0, 0.05) is 22.6 Å². The normalized spacial score (nSPS) is 22.1. The molecule has 124 valence electrons. The largest absolute Gasteiger partial charge is 0.469 e. The molecule has 0 aromatic heterocycles. The molecule has 0 radical (unpaired) electrons. The Labute approximate surface area is 140 Å². The van der Waals surface area contributed by atoms with E-state index < -0.39 is 6.10 Å². The molecule has 6 heteroatoms. The molecule has 1 aliphatic rings. The lowest BCUT2D eigenvalue weighted by Crippen LogP contribution is -2.42. The van der Waals surface area contributed by atoms with Crippen LogP contribution in [-0.4, -0.2) is 42.0 Å². The number of methoxy groups -OCH3 is 1. The fraction of sp³-hybridized carbons (Fsp3) is 0.412. The van der Waals surface area contributed by atoms with Gasteiger partial charge in [0.25, 0.3) is 5.91 Å². The van der Waals surface area contributed by atoms with E-state index in [1.165, 1.54) is 7.11 Å². The first-order valence-electron chi connectivity index (χ1n) is 7.55. The molecule has 2 atom stereocenters. The van der Waals surface area contributed by atoms with Gasteiger partial charge < -0.3 is 15.2 Å². The molecule has 0 bridgehead atoms. The van der Waals surface area contributed by atoms with Crippen molar-refractivity contribution in [3.8, 4) is 0 Å². The number of aliphatic hydroxyl groups is 1. The Morgan fingerprint density at radius 3 is 2.83 bits per heavy atom. The minimum Gasteiger partial charge on any atom is -0.469 e. The number of hydrogen-bond donors (Lipinski definition) is 2. The van der Waals surface area contributed by atoms with E-state index in [0.717, 1.165) is 4.91 Å². The van der Waals surface area contributed by atoms with Gasteiger partial charge in [0.1, 0.15) is 6.10 Å². The Hall–Kier alpha value is -1.79. The lowest BCUT2D eigenvalue weighted by Gasteiger charge is -2.16. The summed E-state index contributed by atoms with van der Waals surface area (Å²) in [5, 5.41) is 13.2. The van der Waals surface area contributed by atoms with Gasteiger partial charge in [0.2, 0.25) is 0 Å². The van der Waals surface area contributed by atoms with E-state index in [4.69, 9.17) is 0 Å². The Morgan fingerprint density at radius 1 is 1.39 bits per heavy atom. The van der Waals surface area contributed by atoms with Crippen molar-refractivity contribution in [2.45, 2.75) is 31.4 Å². The Kier molecular flexibility index (Phi) is 6.67. The Morgan fingerprint density at radius 2 is 2.13 bits per heavy atom. The lowest BCUT2D eigenvalue weighted by molar-refractivity contribution is -0.140. The summed E-state index contributed by atoms with van der Waals surface area (Å²) in [6, 6.07) is 8.66. The van der Waals surface area contributed by atoms with Crippen molar-refractivity contribution in [2.24, 2.45) is 0 Å². The third kappa shape index (κ3) is 5.11. The fourth-order valence-electron chi connectivity index (χ4n) is 2.30. The van der Waals surface area contributed by atoms with Gasteiger partial charge in [-0.15, -0.1) is 11.8 Å². The first-order chi connectivity index (χ1) is 11.1. The van der Waals surface area contributed by atoms with Gasteiger partial charge in [0.05, 0.1) is 13.2 Å². The predicted octanol–water partition coefficient (Wildman–Crippen LogP) is 2.12. The van der Waals surface area contributed by atoms with Crippen molar-refractivity contribution in [1.29, 1.82) is 0 Å². The topological polar surface area (TPSA) is 75.6 Å². The summed E-state index contributed by atoms with van der Waals surface area (Å²) in [6.45, 7) is 0. The van der Waals surface area contributed by atoms with Crippen LogP contribution in [-0.2, 0) is 9.53 Å². The van der Waals surface area contributed by atoms with E-state index in [-0.39, 0.29) is 17.9 Å². The van der Waals surface area contributed by atoms with E-state index in [1.807, 2.05) is 12.1 Å². The van der Waals surface area contributed by atoms with Gasteiger partial charge in [-0.05, 0) is 25.0 Å². The predicted molar refractivity (Wildman–Crippen MR) is 90.1 cm³/mol. The van der Waals surface area contributed by atoms with Crippen LogP contribution in [0.3, 0.4) is 0 Å². The summed E-state index contributed by atoms with van der Waals surface area (Å²) < 4.78 is 4.58. The molecule has 0 aliphatic carbocycles. The molecule has 1 saturated heterocycles. The highest BCUT2D eigenvalue weighted by atomic mass is 32.2. The van der Waals surface area contributed by atoms with Crippen LogP contribution < -0.4 is 5.32 Å². The summed E-state index contributed by atoms with van der Waals surface area (Å²) in [5.41, 5.74) is 0.584. The van der Waals surface area contributed by atoms with Gasteiger partial charge in [-0.2, -0.15) is 0 Å². The molecular formula is C17H21NO4S. The number of hydrogen-bond acceptors (Lipinski definition) is 5. The highest BCUT2D eigenvalue weighted by molar-refractivity contribution is 8.03. The van der Waals surface area contributed by atoms with Crippen LogP contribution in [0.4, 0.5) is 0 Å². The second-order valence-electron chi connectivity index (χ2n) is 5.28. The highest BCUT2D eigenvalue weighted by Crippen LogP contribution is 2.32. The third-order valence-corrected chi connectivity index (χ3v) is 4.88. The van der Waals surface area contributed by atoms with Crippen molar-refractivity contribution in [3.63, 3.8) is 0 Å². The number of carbonyl (C=O) groups is 2. The molecule has 23 heavy (non-hydrogen) atoms. The molecule has 1 aromatic carbocycles. The van der Waals surface area contributed by atoms with Gasteiger partial charge in [-0.25, -0.2) is 0 Å². The van der Waals surface area contributed by atoms with Gasteiger partial charge in [-0.3, -0.25) is 9.59 Å². The van der Waals surface area contributed by atoms with Gasteiger partial charge in [-0.1, -0.05) is 24.3 Å². The fourth-order valence-corrected chi connectivity index (χ4v) is 3.50. The summed E-state index contributed by atoms with van der Waals surface area (Å²) in [6.07, 6.45) is 3.01. The van der Waals surface area contributed by atoms with Crippen LogP contribution in [0.2, 0.25) is 0 Å². The average Bonchev–Trinajstić information content (AvgIpc) is 2.92. The van der Waals surface area contributed by atoms with Crippen molar-refractivity contribution >= 4 is 23.6 Å². The van der Waals surface area contributed by atoms with Crippen LogP contribution in [0.25, 0.3) is 0 Å². The van der Waals surface area contributed by atoms with Gasteiger partial charge in [0.15, 0.2) is 0 Å². The van der Waals surface area contributed by atoms with E-state index in [0.29, 0.717) is 30.6 Å². The van der Waals surface area contributed by atoms with E-state index in [2.05, 4.69) is 10.1 Å². The van der Waals surface area contributed by atoms with Gasteiger partial charge >= 0.3 is 5.97 Å². The second-order valence-corrected chi connectivity index (χ2v) is 6.37. The summed E-state index contributed by atoms with van der Waals surface area (Å²) in [5.74, 6) is 0.237. The SMILES string of the molecule is COC(=O)CCC/C=C1/SC[C@H](NC(=O)c2ccccc2)[C@@H]1O. The third-order valence-electron chi connectivity index (χ3n) is 3.61. The monoisotopic (exact) mass is 335 g/mol. The Bertz CT molecular complexity index is 573. The number of amides is 1. The molecule has 1 amide bonds. The van der Waals surface area contributed by atoms with Crippen LogP contribution in [0.1, 0.15) is 29.6 Å². The van der Waals surface area contributed by atoms with E-state index in [9.17, 15) is 14.7 Å². The zero-order valence-corrected chi connectivity index (χ0v) is 13.8. The number of aliphatic hydroxyl groups excluding tert-OH is 1. The summed E-state index contributed by atoms with van der Waals surface area (Å²) in [4.78, 5) is 24.0. The number of esters is 1. The molecule has 0 saturated carbocycles. The molecule has 1 heterocycles. The van der Waals surface area contributed by atoms with Crippen molar-refractivity contribution in [2.75, 3.05) is 12.9 Å². The molecule has 1 fully saturated rings. The van der Waals surface area contributed by atoms with Crippen molar-refractivity contribution in [3.05, 3.63) is 46.9 Å². The molecule has 2 N–H and O–H groups in total. The number of ether oxygens (including phenoxy) is 1. The maximum absolute atomic E-state index is 12.1. The van der Waals surface area contributed by atoms with Crippen LogP contribution >= 0.6 is 11.8 Å². The number of carbonyl (C=O) groups excluding carboxylic acids is 2. The quantitative estimate of drug-likeness (QED) is 0.615. The second kappa shape index (κ2) is 8.74. The van der Waals surface area contributed by atoms with Crippen LogP contribution in [0.5, 0.6) is 0 Å². The zero-order chi connectivity index (χ0) is 16.7. The first-order valence-corrected chi connectivity index (χ1v) is 8.54. The summed E-state index contributed by atoms with van der Waals surface area (Å²) in [7, 11) is 1.37. The number of benzene rings is 1. The minimum absolute atomic E-state index is 0.179. The molecule has 5 nitrogen and oxygen atoms in total. The number of nitrogens with one attached hydrogen (secondary N) is 1. The van der Waals surface area contributed by atoms with Crippen LogP contribution in [0.15, 0.2) is 41.3 Å². The molecule has 0 spiro atoms. The zero-order valence-electron chi connectivity index (χ0n) is 13.0. The number of thioether (sulfide) groups is 1. The Balaban J connectivity index is 1.83. The number of allylic oxidation sites excluding steroid dienone is 1. The smallest absolute Gasteiger partial charge is 0.305 e. The molecule has 2 rings (SSSR count). The van der Waals surface area contributed by atoms with E-state index in [1.54, 1.807) is 36.0 Å². The molecular weight excluding hydrogens is 314 g/mol. The van der Waals surface area contributed by atoms with Crippen molar-refractivity contribution < 1.29 is 19.4 Å². The number of unbranched alkanes of at least 4 members (excludes halogenated alkanes) is 1. The molecule has 0 unspecified atom stereocenters. The minimum atomic E-state index is -0.689. The average molecular weight is 335 g/mol. The van der Waals surface area contributed by atoms with E-state index >= 15 is 0 Å². The standard InChI is InChI=1S/C17H21NO4S/c1-22-15(19)10-6-5-9-14-16(20)13(11-23-14)18-17(21)12-7-3-2-4-8-12/h2-4,7-9,13,16,20H,5-6,10-11H2,1H3,(H,18,21)/b14-9+/t13-,16-/m0/s1. The highest BCUT2D eigenvalue weighted by Gasteiger charge is 2.31. The molecule has 1 aromatic rings. The lowest BCUT2D eigenvalue weighted by atomic mass is 10.1. The van der Waals surface area contributed by atoms with Crippen molar-refractivity contribution in [1.82, 2.24) is 5.32 Å². The molecule has 1 aliphatic heterocycles. The van der Waals surface area contributed by atoms with Crippen LogP contribution in [0, 0.1) is 0 Å². The number of rotatable bonds is 6. The maximum Gasteiger partial charge on any atom is 0.305 e. The summed E-state index contributed by atoms with van der Waals surface area (Å²) >= 11 is 1.54.